The van der Waals surface area contributed by atoms with Crippen LogP contribution in [0.15, 0.2) is 51.7 Å². The minimum atomic E-state index is -0.759. The molecule has 122 valence electrons. The molecule has 3 rings (SSSR count). The maximum Gasteiger partial charge on any atom is 0.344 e. The van der Waals surface area contributed by atoms with Gasteiger partial charge < -0.3 is 9.73 Å². The van der Waals surface area contributed by atoms with Gasteiger partial charge in [-0.05, 0) is 36.6 Å². The SMILES string of the molecule is Cc1ccc2cc(C(=O)NCc3c(F)cccc3F)oc(=O)c2c1. The third-order valence-electron chi connectivity index (χ3n) is 3.63. The van der Waals surface area contributed by atoms with Gasteiger partial charge in [0.15, 0.2) is 5.76 Å². The van der Waals surface area contributed by atoms with Gasteiger partial charge in [0.05, 0.1) is 5.39 Å². The van der Waals surface area contributed by atoms with Gasteiger partial charge in [0.25, 0.3) is 5.91 Å². The van der Waals surface area contributed by atoms with Gasteiger partial charge in [-0.1, -0.05) is 23.8 Å². The van der Waals surface area contributed by atoms with E-state index in [0.29, 0.717) is 10.8 Å². The monoisotopic (exact) mass is 329 g/mol. The summed E-state index contributed by atoms with van der Waals surface area (Å²) in [5, 5.41) is 3.27. The smallest absolute Gasteiger partial charge is 0.344 e. The average Bonchev–Trinajstić information content (AvgIpc) is 2.54. The Kier molecular flexibility index (Phi) is 4.12. The Balaban J connectivity index is 1.87. The summed E-state index contributed by atoms with van der Waals surface area (Å²) in [6.07, 6.45) is 0. The Morgan fingerprint density at radius 2 is 1.83 bits per heavy atom. The summed E-state index contributed by atoms with van der Waals surface area (Å²) < 4.78 is 32.1. The molecule has 0 radical (unpaired) electrons. The quantitative estimate of drug-likeness (QED) is 0.802. The zero-order valence-corrected chi connectivity index (χ0v) is 12.7. The predicted molar refractivity (Wildman–Crippen MR) is 84.7 cm³/mol. The summed E-state index contributed by atoms with van der Waals surface area (Å²) in [7, 11) is 0. The van der Waals surface area contributed by atoms with E-state index in [4.69, 9.17) is 4.42 Å². The molecule has 24 heavy (non-hydrogen) atoms. The van der Waals surface area contributed by atoms with Crippen LogP contribution in [0.3, 0.4) is 0 Å². The molecule has 0 aliphatic carbocycles. The summed E-state index contributed by atoms with van der Waals surface area (Å²) in [4.78, 5) is 24.1. The molecule has 0 aliphatic rings. The highest BCUT2D eigenvalue weighted by Crippen LogP contribution is 2.15. The predicted octanol–water partition coefficient (Wildman–Crippen LogP) is 3.31. The second kappa shape index (κ2) is 6.23. The molecule has 1 N–H and O–H groups in total. The standard InChI is InChI=1S/C18H13F2NO3/c1-10-5-6-11-8-16(24-18(23)12(11)7-10)17(22)21-9-13-14(19)3-2-4-15(13)20/h2-8H,9H2,1H3,(H,21,22). The van der Waals surface area contributed by atoms with Gasteiger partial charge in [-0.25, -0.2) is 13.6 Å². The third kappa shape index (κ3) is 3.03. The van der Waals surface area contributed by atoms with Crippen LogP contribution in [0.5, 0.6) is 0 Å². The van der Waals surface area contributed by atoms with Gasteiger partial charge >= 0.3 is 5.63 Å². The number of aryl methyl sites for hydroxylation is 1. The van der Waals surface area contributed by atoms with Crippen LogP contribution in [0.25, 0.3) is 10.8 Å². The van der Waals surface area contributed by atoms with Crippen molar-refractivity contribution in [2.24, 2.45) is 0 Å². The molecule has 2 aromatic carbocycles. The molecule has 0 unspecified atom stereocenters. The molecule has 1 amide bonds. The largest absolute Gasteiger partial charge is 0.417 e. The Labute approximate surface area is 135 Å². The van der Waals surface area contributed by atoms with Gasteiger partial charge in [-0.15, -0.1) is 0 Å². The first-order chi connectivity index (χ1) is 11.5. The number of hydrogen-bond acceptors (Lipinski definition) is 3. The number of rotatable bonds is 3. The van der Waals surface area contributed by atoms with Crippen molar-refractivity contribution in [3.05, 3.63) is 81.4 Å². The van der Waals surface area contributed by atoms with E-state index in [0.717, 1.165) is 17.7 Å². The van der Waals surface area contributed by atoms with Crippen LogP contribution in [-0.2, 0) is 6.54 Å². The van der Waals surface area contributed by atoms with Crippen LogP contribution >= 0.6 is 0 Å². The Morgan fingerprint density at radius 1 is 1.12 bits per heavy atom. The summed E-state index contributed by atoms with van der Waals surface area (Å²) in [6, 6.07) is 10.0. The topological polar surface area (TPSA) is 59.3 Å². The number of benzene rings is 2. The molecule has 0 spiro atoms. The average molecular weight is 329 g/mol. The highest BCUT2D eigenvalue weighted by Gasteiger charge is 2.14. The van der Waals surface area contributed by atoms with Crippen LogP contribution in [0, 0.1) is 18.6 Å². The molecule has 0 aliphatic heterocycles. The van der Waals surface area contributed by atoms with Crippen molar-refractivity contribution in [1.82, 2.24) is 5.32 Å². The van der Waals surface area contributed by atoms with Crippen LogP contribution in [-0.4, -0.2) is 5.91 Å². The maximum atomic E-state index is 13.5. The van der Waals surface area contributed by atoms with Crippen LogP contribution in [0.1, 0.15) is 21.7 Å². The number of halogens is 2. The first-order valence-corrected chi connectivity index (χ1v) is 7.21. The molecule has 1 heterocycles. The van der Waals surface area contributed by atoms with E-state index in [9.17, 15) is 18.4 Å². The Morgan fingerprint density at radius 3 is 2.54 bits per heavy atom. The summed E-state index contributed by atoms with van der Waals surface area (Å²) in [6.45, 7) is 1.48. The second-order valence-corrected chi connectivity index (χ2v) is 5.37. The Hall–Kier alpha value is -3.02. The lowest BCUT2D eigenvalue weighted by Gasteiger charge is -2.07. The summed E-state index contributed by atoms with van der Waals surface area (Å²) in [5.74, 6) is -2.46. The second-order valence-electron chi connectivity index (χ2n) is 5.37. The number of carbonyl (C=O) groups excluding carboxylic acids is 1. The number of hydrogen-bond donors (Lipinski definition) is 1. The van der Waals surface area contributed by atoms with E-state index < -0.39 is 23.2 Å². The van der Waals surface area contributed by atoms with Gasteiger partial charge in [0, 0.05) is 12.1 Å². The lowest BCUT2D eigenvalue weighted by atomic mass is 10.1. The van der Waals surface area contributed by atoms with E-state index in [-0.39, 0.29) is 17.9 Å². The van der Waals surface area contributed by atoms with Crippen LogP contribution in [0.4, 0.5) is 8.78 Å². The van der Waals surface area contributed by atoms with Crippen molar-refractivity contribution in [2.45, 2.75) is 13.5 Å². The normalized spacial score (nSPS) is 10.8. The molecule has 0 bridgehead atoms. The molecular weight excluding hydrogens is 316 g/mol. The van der Waals surface area contributed by atoms with Crippen molar-refractivity contribution < 1.29 is 18.0 Å². The van der Waals surface area contributed by atoms with Gasteiger partial charge in [0.1, 0.15) is 11.6 Å². The first kappa shape index (κ1) is 15.9. The van der Waals surface area contributed by atoms with E-state index >= 15 is 0 Å². The van der Waals surface area contributed by atoms with E-state index in [1.165, 1.54) is 12.1 Å². The van der Waals surface area contributed by atoms with Crippen molar-refractivity contribution in [3.8, 4) is 0 Å². The zero-order valence-electron chi connectivity index (χ0n) is 12.7. The molecule has 0 saturated heterocycles. The highest BCUT2D eigenvalue weighted by atomic mass is 19.1. The fraction of sp³-hybridized carbons (Fsp3) is 0.111. The lowest BCUT2D eigenvalue weighted by molar-refractivity contribution is 0.0918. The van der Waals surface area contributed by atoms with Crippen molar-refractivity contribution in [3.63, 3.8) is 0 Å². The lowest BCUT2D eigenvalue weighted by Crippen LogP contribution is -2.25. The number of nitrogens with one attached hydrogen (secondary N) is 1. The Bertz CT molecular complexity index is 975. The molecule has 4 nitrogen and oxygen atoms in total. The molecule has 1 aromatic heterocycles. The van der Waals surface area contributed by atoms with Crippen molar-refractivity contribution in [2.75, 3.05) is 0 Å². The molecule has 0 atom stereocenters. The molecular formula is C18H13F2NO3. The van der Waals surface area contributed by atoms with E-state index in [1.54, 1.807) is 18.2 Å². The fourth-order valence-corrected chi connectivity index (χ4v) is 2.37. The molecule has 0 saturated carbocycles. The molecule has 6 heteroatoms. The maximum absolute atomic E-state index is 13.5. The first-order valence-electron chi connectivity index (χ1n) is 7.21. The fourth-order valence-electron chi connectivity index (χ4n) is 2.37. The highest BCUT2D eigenvalue weighted by molar-refractivity contribution is 5.95. The van der Waals surface area contributed by atoms with Gasteiger partial charge in [-0.3, -0.25) is 4.79 Å². The molecule has 3 aromatic rings. The minimum Gasteiger partial charge on any atom is -0.417 e. The summed E-state index contributed by atoms with van der Waals surface area (Å²) >= 11 is 0. The van der Waals surface area contributed by atoms with E-state index in [1.807, 2.05) is 6.92 Å². The van der Waals surface area contributed by atoms with Gasteiger partial charge in [-0.2, -0.15) is 0 Å². The molecule has 0 fully saturated rings. The third-order valence-corrected chi connectivity index (χ3v) is 3.63. The van der Waals surface area contributed by atoms with E-state index in [2.05, 4.69) is 5.32 Å². The van der Waals surface area contributed by atoms with Gasteiger partial charge in [0.2, 0.25) is 0 Å². The van der Waals surface area contributed by atoms with Crippen molar-refractivity contribution >= 4 is 16.7 Å². The zero-order chi connectivity index (χ0) is 17.3. The van der Waals surface area contributed by atoms with Crippen LogP contribution < -0.4 is 10.9 Å². The van der Waals surface area contributed by atoms with Crippen molar-refractivity contribution in [1.29, 1.82) is 0 Å². The van der Waals surface area contributed by atoms with Crippen LogP contribution in [0.2, 0.25) is 0 Å². The minimum absolute atomic E-state index is 0.215. The number of fused-ring (bicyclic) bond motifs is 1. The number of amides is 1. The number of carbonyl (C=O) groups is 1. The summed E-state index contributed by atoms with van der Waals surface area (Å²) in [5.41, 5.74) is -0.00920.